The minimum Gasteiger partial charge on any atom is -0.481 e. The first kappa shape index (κ1) is 16.1. The van der Waals surface area contributed by atoms with Crippen molar-refractivity contribution in [1.29, 1.82) is 0 Å². The molecular formula is C17H21NO4. The molecule has 0 unspecified atom stereocenters. The third-order valence-corrected chi connectivity index (χ3v) is 4.00. The maximum absolute atomic E-state index is 12.0. The number of likely N-dealkylation sites (tertiary alicyclic amines) is 1. The summed E-state index contributed by atoms with van der Waals surface area (Å²) in [7, 11) is 0. The molecule has 5 heteroatoms. The van der Waals surface area contributed by atoms with Crippen LogP contribution >= 0.6 is 0 Å². The lowest BCUT2D eigenvalue weighted by Crippen LogP contribution is -2.51. The Bertz CT molecular complexity index is 543. The average Bonchev–Trinajstić information content (AvgIpc) is 2.53. The van der Waals surface area contributed by atoms with E-state index >= 15 is 0 Å². The number of benzene rings is 1. The number of rotatable bonds is 5. The first-order valence-corrected chi connectivity index (χ1v) is 7.37. The summed E-state index contributed by atoms with van der Waals surface area (Å²) in [5.74, 6) is -0.863. The van der Waals surface area contributed by atoms with Gasteiger partial charge in [0.05, 0.1) is 5.41 Å². The zero-order valence-corrected chi connectivity index (χ0v) is 12.5. The maximum Gasteiger partial charge on any atom is 0.410 e. The van der Waals surface area contributed by atoms with Crippen molar-refractivity contribution in [2.45, 2.75) is 19.3 Å². The van der Waals surface area contributed by atoms with Crippen molar-refractivity contribution in [2.24, 2.45) is 5.41 Å². The Balaban J connectivity index is 2.14. The number of carboxylic acids is 1. The fourth-order valence-corrected chi connectivity index (χ4v) is 2.89. The molecule has 1 aliphatic rings. The number of hydrogen-bond acceptors (Lipinski definition) is 3. The van der Waals surface area contributed by atoms with Crippen molar-refractivity contribution >= 4 is 12.1 Å². The molecule has 1 aromatic rings. The van der Waals surface area contributed by atoms with Gasteiger partial charge in [0, 0.05) is 13.1 Å². The molecule has 1 aliphatic heterocycles. The van der Waals surface area contributed by atoms with Crippen molar-refractivity contribution in [1.82, 2.24) is 4.90 Å². The fourth-order valence-electron chi connectivity index (χ4n) is 2.89. The number of carbonyl (C=O) groups excluding carboxylic acids is 1. The Morgan fingerprint density at radius 2 is 2.09 bits per heavy atom. The van der Waals surface area contributed by atoms with E-state index in [1.807, 2.05) is 30.3 Å². The quantitative estimate of drug-likeness (QED) is 0.849. The van der Waals surface area contributed by atoms with Crippen LogP contribution in [-0.4, -0.2) is 41.8 Å². The molecule has 0 bridgehead atoms. The molecule has 1 N–H and O–H groups in total. The van der Waals surface area contributed by atoms with Crippen molar-refractivity contribution in [3.8, 4) is 0 Å². The van der Waals surface area contributed by atoms with E-state index in [0.717, 1.165) is 5.56 Å². The van der Waals surface area contributed by atoms with Crippen LogP contribution in [0.25, 0.3) is 0 Å². The summed E-state index contributed by atoms with van der Waals surface area (Å²) in [5, 5.41) is 9.73. The van der Waals surface area contributed by atoms with Gasteiger partial charge in [-0.05, 0) is 24.8 Å². The van der Waals surface area contributed by atoms with Gasteiger partial charge in [0.2, 0.25) is 0 Å². The molecule has 0 spiro atoms. The topological polar surface area (TPSA) is 66.8 Å². The highest BCUT2D eigenvalue weighted by atomic mass is 16.6. The molecule has 1 atom stereocenters. The highest BCUT2D eigenvalue weighted by molar-refractivity contribution is 5.77. The second kappa shape index (κ2) is 7.11. The van der Waals surface area contributed by atoms with Crippen molar-refractivity contribution < 1.29 is 19.4 Å². The summed E-state index contributed by atoms with van der Waals surface area (Å²) in [6.45, 7) is 4.34. The predicted octanol–water partition coefficient (Wildman–Crippen LogP) is 2.72. The van der Waals surface area contributed by atoms with Gasteiger partial charge in [-0.1, -0.05) is 43.0 Å². The lowest BCUT2D eigenvalue weighted by molar-refractivity contribution is -0.152. The van der Waals surface area contributed by atoms with Gasteiger partial charge in [-0.15, -0.1) is 0 Å². The van der Waals surface area contributed by atoms with Crippen LogP contribution in [0.2, 0.25) is 0 Å². The second-order valence-corrected chi connectivity index (χ2v) is 5.64. The summed E-state index contributed by atoms with van der Waals surface area (Å²) in [5.41, 5.74) is 0.0125. The van der Waals surface area contributed by atoms with Crippen LogP contribution in [0, 0.1) is 5.41 Å². The van der Waals surface area contributed by atoms with E-state index in [9.17, 15) is 14.7 Å². The third-order valence-electron chi connectivity index (χ3n) is 4.00. The van der Waals surface area contributed by atoms with Gasteiger partial charge in [-0.2, -0.15) is 0 Å². The number of piperidine rings is 1. The standard InChI is InChI=1S/C17H21NO4/c1-2-11-22-16(21)18-10-6-9-17(13-18,15(19)20)12-14-7-4-3-5-8-14/h2-5,7-8H,1,6,9-13H2,(H,19,20)/t17-/m1/s1. The molecule has 0 radical (unpaired) electrons. The Morgan fingerprint density at radius 1 is 1.36 bits per heavy atom. The van der Waals surface area contributed by atoms with E-state index in [1.54, 1.807) is 0 Å². The molecule has 118 valence electrons. The van der Waals surface area contributed by atoms with Gasteiger partial charge in [0.15, 0.2) is 0 Å². The Labute approximate surface area is 130 Å². The van der Waals surface area contributed by atoms with Gasteiger partial charge in [0.25, 0.3) is 0 Å². The number of hydrogen-bond donors (Lipinski definition) is 1. The monoisotopic (exact) mass is 303 g/mol. The highest BCUT2D eigenvalue weighted by Crippen LogP contribution is 2.34. The van der Waals surface area contributed by atoms with Crippen LogP contribution in [0.5, 0.6) is 0 Å². The minimum atomic E-state index is -0.952. The summed E-state index contributed by atoms with van der Waals surface area (Å²) >= 11 is 0. The Hall–Kier alpha value is -2.30. The van der Waals surface area contributed by atoms with Crippen molar-refractivity contribution in [2.75, 3.05) is 19.7 Å². The highest BCUT2D eigenvalue weighted by Gasteiger charge is 2.44. The lowest BCUT2D eigenvalue weighted by Gasteiger charge is -2.39. The van der Waals surface area contributed by atoms with Gasteiger partial charge < -0.3 is 14.7 Å². The number of ether oxygens (including phenoxy) is 1. The van der Waals surface area contributed by atoms with E-state index in [1.165, 1.54) is 11.0 Å². The SMILES string of the molecule is C=CCOC(=O)N1CCC[C@](Cc2ccccc2)(C(=O)O)C1. The molecule has 1 amide bonds. The average molecular weight is 303 g/mol. The van der Waals surface area contributed by atoms with E-state index in [-0.39, 0.29) is 13.2 Å². The molecular weight excluding hydrogens is 282 g/mol. The maximum atomic E-state index is 12.0. The Morgan fingerprint density at radius 3 is 2.73 bits per heavy atom. The molecule has 2 rings (SSSR count). The summed E-state index contributed by atoms with van der Waals surface area (Å²) in [4.78, 5) is 25.3. The molecule has 0 aromatic heterocycles. The summed E-state index contributed by atoms with van der Waals surface area (Å²) < 4.78 is 5.03. The van der Waals surface area contributed by atoms with Crippen LogP contribution in [0.1, 0.15) is 18.4 Å². The zero-order chi connectivity index (χ0) is 16.0. The molecule has 1 fully saturated rings. The molecule has 1 aromatic carbocycles. The normalized spacial score (nSPS) is 21.2. The molecule has 1 heterocycles. The molecule has 0 aliphatic carbocycles. The second-order valence-electron chi connectivity index (χ2n) is 5.64. The third kappa shape index (κ3) is 3.67. The van der Waals surface area contributed by atoms with E-state index in [0.29, 0.717) is 25.8 Å². The van der Waals surface area contributed by atoms with Crippen molar-refractivity contribution in [3.05, 3.63) is 48.6 Å². The first-order chi connectivity index (χ1) is 10.6. The van der Waals surface area contributed by atoms with Gasteiger partial charge in [0.1, 0.15) is 6.61 Å². The van der Waals surface area contributed by atoms with Crippen LogP contribution in [0.15, 0.2) is 43.0 Å². The van der Waals surface area contributed by atoms with Gasteiger partial charge >= 0.3 is 12.1 Å². The minimum absolute atomic E-state index is 0.133. The van der Waals surface area contributed by atoms with Crippen LogP contribution in [0.3, 0.4) is 0 Å². The molecule has 0 saturated carbocycles. The Kier molecular flexibility index (Phi) is 5.20. The van der Waals surface area contributed by atoms with Gasteiger partial charge in [-0.3, -0.25) is 4.79 Å². The van der Waals surface area contributed by atoms with Crippen molar-refractivity contribution in [3.63, 3.8) is 0 Å². The van der Waals surface area contributed by atoms with E-state index in [2.05, 4.69) is 6.58 Å². The lowest BCUT2D eigenvalue weighted by atomic mass is 9.75. The van der Waals surface area contributed by atoms with E-state index < -0.39 is 17.5 Å². The zero-order valence-electron chi connectivity index (χ0n) is 12.5. The fraction of sp³-hybridized carbons (Fsp3) is 0.412. The molecule has 1 saturated heterocycles. The number of amides is 1. The number of carbonyl (C=O) groups is 2. The van der Waals surface area contributed by atoms with Crippen LogP contribution < -0.4 is 0 Å². The summed E-state index contributed by atoms with van der Waals surface area (Å²) in [6, 6.07) is 9.52. The number of nitrogens with zero attached hydrogens (tertiary/aromatic N) is 1. The number of aliphatic carboxylic acids is 1. The number of carboxylic acid groups (broad SMARTS) is 1. The molecule has 5 nitrogen and oxygen atoms in total. The molecule has 22 heavy (non-hydrogen) atoms. The first-order valence-electron chi connectivity index (χ1n) is 7.37. The summed E-state index contributed by atoms with van der Waals surface area (Å²) in [6.07, 6.45) is 2.65. The van der Waals surface area contributed by atoms with Gasteiger partial charge in [-0.25, -0.2) is 4.79 Å². The predicted molar refractivity (Wildman–Crippen MR) is 82.6 cm³/mol. The smallest absolute Gasteiger partial charge is 0.410 e. The van der Waals surface area contributed by atoms with Crippen LogP contribution in [0.4, 0.5) is 4.79 Å². The van der Waals surface area contributed by atoms with Crippen LogP contribution in [-0.2, 0) is 16.0 Å². The largest absolute Gasteiger partial charge is 0.481 e. The van der Waals surface area contributed by atoms with E-state index in [4.69, 9.17) is 4.74 Å².